The number of anilines is 1. The lowest BCUT2D eigenvalue weighted by Crippen LogP contribution is -2.21. The van der Waals surface area contributed by atoms with Crippen LogP contribution in [0.4, 0.5) is 5.00 Å². The van der Waals surface area contributed by atoms with Crippen molar-refractivity contribution in [1.82, 2.24) is 0 Å². The van der Waals surface area contributed by atoms with E-state index < -0.39 is 11.9 Å². The van der Waals surface area contributed by atoms with E-state index in [1.165, 1.54) is 11.3 Å². The van der Waals surface area contributed by atoms with E-state index in [2.05, 4.69) is 5.32 Å². The summed E-state index contributed by atoms with van der Waals surface area (Å²) >= 11 is 1.29. The highest BCUT2D eigenvalue weighted by Crippen LogP contribution is 2.33. The number of nitrogens with one attached hydrogen (secondary N) is 2. The lowest BCUT2D eigenvalue weighted by molar-refractivity contribution is 0.0527. The maximum absolute atomic E-state index is 12.9. The molecule has 0 saturated heterocycles. The van der Waals surface area contributed by atoms with Crippen LogP contribution in [0.1, 0.15) is 45.0 Å². The van der Waals surface area contributed by atoms with Crippen LogP contribution in [-0.2, 0) is 4.74 Å². The van der Waals surface area contributed by atoms with E-state index in [1.807, 2.05) is 20.8 Å². The normalized spacial score (nSPS) is 10.8. The molecule has 2 N–H and O–H groups in total. The first-order valence-electron chi connectivity index (χ1n) is 9.20. The van der Waals surface area contributed by atoms with E-state index in [4.69, 9.17) is 19.3 Å². The van der Waals surface area contributed by atoms with E-state index in [0.29, 0.717) is 33.9 Å². The number of aryl methyl sites for hydroxylation is 1. The van der Waals surface area contributed by atoms with Crippen molar-refractivity contribution in [1.29, 1.82) is 5.41 Å². The van der Waals surface area contributed by atoms with Crippen molar-refractivity contribution < 1.29 is 23.5 Å². The molecule has 0 saturated carbocycles. The molecule has 7 nitrogen and oxygen atoms in total. The number of rotatable bonds is 6. The minimum atomic E-state index is -0.533. The maximum Gasteiger partial charge on any atom is 0.341 e. The summed E-state index contributed by atoms with van der Waals surface area (Å²) in [5.74, 6) is -0.505. The summed E-state index contributed by atoms with van der Waals surface area (Å²) in [4.78, 5) is 26.1. The fourth-order valence-electron chi connectivity index (χ4n) is 2.91. The molecule has 3 aromatic rings. The number of thiophene rings is 1. The molecule has 1 aromatic carbocycles. The van der Waals surface area contributed by atoms with Gasteiger partial charge in [-0.3, -0.25) is 10.2 Å². The van der Waals surface area contributed by atoms with Gasteiger partial charge in [-0.05, 0) is 45.4 Å². The third-order valence-electron chi connectivity index (χ3n) is 4.39. The second-order valence-electron chi connectivity index (χ2n) is 6.26. The molecule has 29 heavy (non-hydrogen) atoms. The first-order valence-corrected chi connectivity index (χ1v) is 10.0. The highest BCUT2D eigenvalue weighted by atomic mass is 32.1. The summed E-state index contributed by atoms with van der Waals surface area (Å²) in [6.45, 7) is 7.96. The van der Waals surface area contributed by atoms with Crippen molar-refractivity contribution in [2.45, 2.75) is 27.7 Å². The van der Waals surface area contributed by atoms with Crippen molar-refractivity contribution in [2.24, 2.45) is 0 Å². The number of amides is 1. The second kappa shape index (κ2) is 8.48. The topological polar surface area (TPSA) is 102 Å². The maximum atomic E-state index is 12.9. The molecule has 1 amide bonds. The van der Waals surface area contributed by atoms with Crippen LogP contribution >= 0.6 is 11.3 Å². The van der Waals surface area contributed by atoms with Gasteiger partial charge in [-0.25, -0.2) is 4.79 Å². The SMILES string of the molecule is CCOC(=O)c1c(NC(=O)c2cc3cccc(OCC)c3oc2=N)sc(C)c1C. The zero-order chi connectivity index (χ0) is 21.1. The molecule has 152 valence electrons. The Hall–Kier alpha value is -3.13. The fraction of sp³-hybridized carbons (Fsp3) is 0.286. The first-order chi connectivity index (χ1) is 13.9. The minimum absolute atomic E-state index is 0.0599. The molecule has 0 bridgehead atoms. The Bertz CT molecular complexity index is 1150. The summed E-state index contributed by atoms with van der Waals surface area (Å²) in [7, 11) is 0. The summed E-state index contributed by atoms with van der Waals surface area (Å²) in [6.07, 6.45) is 0. The Balaban J connectivity index is 1.99. The van der Waals surface area contributed by atoms with E-state index in [9.17, 15) is 9.59 Å². The second-order valence-corrected chi connectivity index (χ2v) is 7.48. The number of esters is 1. The molecule has 0 radical (unpaired) electrons. The van der Waals surface area contributed by atoms with Gasteiger partial charge in [0.25, 0.3) is 5.91 Å². The highest BCUT2D eigenvalue weighted by molar-refractivity contribution is 7.16. The number of benzene rings is 1. The number of fused-ring (bicyclic) bond motifs is 1. The van der Waals surface area contributed by atoms with Crippen molar-refractivity contribution in [3.05, 3.63) is 51.4 Å². The Morgan fingerprint density at radius 3 is 2.66 bits per heavy atom. The van der Waals surface area contributed by atoms with E-state index in [0.717, 1.165) is 10.4 Å². The van der Waals surface area contributed by atoms with Crippen LogP contribution in [0.15, 0.2) is 28.7 Å². The molecule has 0 atom stereocenters. The largest absolute Gasteiger partial charge is 0.490 e. The average molecular weight is 414 g/mol. The highest BCUT2D eigenvalue weighted by Gasteiger charge is 2.23. The molecule has 0 fully saturated rings. The van der Waals surface area contributed by atoms with Crippen LogP contribution < -0.4 is 15.6 Å². The first kappa shape index (κ1) is 20.6. The standard InChI is InChI=1S/C21H22N2O5S/c1-5-26-15-9-7-8-13-10-14(18(22)28-17(13)15)19(24)23-20-16(21(25)27-6-2)11(3)12(4)29-20/h7-10,22H,5-6H2,1-4H3,(H,23,24). The lowest BCUT2D eigenvalue weighted by Gasteiger charge is -2.09. The lowest BCUT2D eigenvalue weighted by atomic mass is 10.1. The van der Waals surface area contributed by atoms with Gasteiger partial charge in [0.2, 0.25) is 5.55 Å². The van der Waals surface area contributed by atoms with Gasteiger partial charge in [0.1, 0.15) is 10.6 Å². The monoisotopic (exact) mass is 414 g/mol. The number of hydrogen-bond donors (Lipinski definition) is 2. The van der Waals surface area contributed by atoms with Crippen molar-refractivity contribution in [2.75, 3.05) is 18.5 Å². The Morgan fingerprint density at radius 2 is 1.97 bits per heavy atom. The van der Waals surface area contributed by atoms with Gasteiger partial charge in [0.05, 0.1) is 18.8 Å². The Labute approximate surface area is 171 Å². The molecular formula is C21H22N2O5S. The molecule has 8 heteroatoms. The fourth-order valence-corrected chi connectivity index (χ4v) is 3.95. The third kappa shape index (κ3) is 4.02. The van der Waals surface area contributed by atoms with Gasteiger partial charge >= 0.3 is 5.97 Å². The van der Waals surface area contributed by atoms with Crippen LogP contribution in [0, 0.1) is 19.3 Å². The molecule has 0 spiro atoms. The number of carbonyl (C=O) groups is 2. The Kier molecular flexibility index (Phi) is 6.03. The molecule has 0 unspecified atom stereocenters. The average Bonchev–Trinajstić information content (AvgIpc) is 2.95. The molecule has 0 aliphatic carbocycles. The van der Waals surface area contributed by atoms with Gasteiger partial charge in [-0.1, -0.05) is 12.1 Å². The van der Waals surface area contributed by atoms with E-state index in [-0.39, 0.29) is 17.7 Å². The summed E-state index contributed by atoms with van der Waals surface area (Å²) in [5, 5.41) is 11.9. The Morgan fingerprint density at radius 1 is 1.21 bits per heavy atom. The van der Waals surface area contributed by atoms with Gasteiger partial charge in [0, 0.05) is 10.3 Å². The van der Waals surface area contributed by atoms with E-state index in [1.54, 1.807) is 31.2 Å². The molecule has 0 aliphatic rings. The minimum Gasteiger partial charge on any atom is -0.490 e. The zero-order valence-corrected chi connectivity index (χ0v) is 17.5. The number of hydrogen-bond acceptors (Lipinski definition) is 7. The molecule has 2 aromatic heterocycles. The predicted molar refractivity (Wildman–Crippen MR) is 111 cm³/mol. The number of ether oxygens (including phenoxy) is 2. The smallest absolute Gasteiger partial charge is 0.341 e. The van der Waals surface area contributed by atoms with Crippen LogP contribution in [0.25, 0.3) is 11.0 Å². The van der Waals surface area contributed by atoms with Crippen LogP contribution in [0.5, 0.6) is 5.75 Å². The molecule has 0 aliphatic heterocycles. The predicted octanol–water partition coefficient (Wildman–Crippen LogP) is 4.42. The summed E-state index contributed by atoms with van der Waals surface area (Å²) < 4.78 is 16.2. The van der Waals surface area contributed by atoms with Gasteiger partial charge in [0.15, 0.2) is 11.3 Å². The van der Waals surface area contributed by atoms with Crippen molar-refractivity contribution in [3.8, 4) is 5.75 Å². The molecule has 3 rings (SSSR count). The van der Waals surface area contributed by atoms with Crippen LogP contribution in [-0.4, -0.2) is 25.1 Å². The van der Waals surface area contributed by atoms with Crippen molar-refractivity contribution >= 4 is 39.2 Å². The van der Waals surface area contributed by atoms with E-state index >= 15 is 0 Å². The third-order valence-corrected chi connectivity index (χ3v) is 5.52. The van der Waals surface area contributed by atoms with Crippen LogP contribution in [0.3, 0.4) is 0 Å². The quantitative estimate of drug-likeness (QED) is 0.582. The summed E-state index contributed by atoms with van der Waals surface area (Å²) in [6, 6.07) is 6.90. The van der Waals surface area contributed by atoms with Gasteiger partial charge < -0.3 is 19.2 Å². The molecular weight excluding hydrogens is 392 g/mol. The van der Waals surface area contributed by atoms with Gasteiger partial charge in [-0.15, -0.1) is 11.3 Å². The number of carbonyl (C=O) groups excluding carboxylic acids is 2. The van der Waals surface area contributed by atoms with Crippen LogP contribution in [0.2, 0.25) is 0 Å². The zero-order valence-electron chi connectivity index (χ0n) is 16.7. The summed E-state index contributed by atoms with van der Waals surface area (Å²) in [5.41, 5.74) is 1.28. The van der Waals surface area contributed by atoms with Gasteiger partial charge in [-0.2, -0.15) is 0 Å². The molecule has 2 heterocycles. The van der Waals surface area contributed by atoms with Crippen molar-refractivity contribution in [3.63, 3.8) is 0 Å². The number of para-hydroxylation sites is 1.